The van der Waals surface area contributed by atoms with Crippen LogP contribution < -0.4 is 21.5 Å². The first-order valence-corrected chi connectivity index (χ1v) is 7.81. The molecule has 1 aromatic heterocycles. The summed E-state index contributed by atoms with van der Waals surface area (Å²) in [6.07, 6.45) is 3.65. The van der Waals surface area contributed by atoms with Gasteiger partial charge in [-0.25, -0.2) is 5.84 Å². The van der Waals surface area contributed by atoms with Gasteiger partial charge in [0.05, 0.1) is 0 Å². The topological polar surface area (TPSA) is 92.0 Å². The first kappa shape index (κ1) is 15.8. The van der Waals surface area contributed by atoms with E-state index in [1.54, 1.807) is 0 Å². The molecule has 7 nitrogen and oxygen atoms in total. The molecule has 1 fully saturated rings. The summed E-state index contributed by atoms with van der Waals surface area (Å²) in [4.78, 5) is 15.4. The van der Waals surface area contributed by atoms with Crippen LogP contribution in [0.1, 0.15) is 40.0 Å². The highest BCUT2D eigenvalue weighted by atomic mass is 15.4. The van der Waals surface area contributed by atoms with Crippen molar-refractivity contribution in [3.05, 3.63) is 0 Å². The third-order valence-corrected chi connectivity index (χ3v) is 4.11. The number of hydrogen-bond acceptors (Lipinski definition) is 7. The zero-order valence-electron chi connectivity index (χ0n) is 13.3. The monoisotopic (exact) mass is 293 g/mol. The van der Waals surface area contributed by atoms with Crippen molar-refractivity contribution in [1.82, 2.24) is 15.0 Å². The molecule has 1 unspecified atom stereocenters. The van der Waals surface area contributed by atoms with Gasteiger partial charge in [0.25, 0.3) is 0 Å². The first-order valence-electron chi connectivity index (χ1n) is 7.81. The number of nitrogen functional groups attached to an aromatic ring is 1. The molecule has 1 aromatic rings. The van der Waals surface area contributed by atoms with E-state index in [1.807, 2.05) is 0 Å². The van der Waals surface area contributed by atoms with E-state index in [0.29, 0.717) is 29.7 Å². The fraction of sp³-hybridized carbons (Fsp3) is 0.786. The van der Waals surface area contributed by atoms with Gasteiger partial charge in [-0.2, -0.15) is 15.0 Å². The lowest BCUT2D eigenvalue weighted by atomic mass is 9.98. The van der Waals surface area contributed by atoms with Gasteiger partial charge < -0.3 is 10.2 Å². The molecule has 4 N–H and O–H groups in total. The lowest BCUT2D eigenvalue weighted by Crippen LogP contribution is -2.32. The number of nitrogens with two attached hydrogens (primary N) is 1. The zero-order chi connectivity index (χ0) is 15.2. The molecule has 0 radical (unpaired) electrons. The Kier molecular flexibility index (Phi) is 5.55. The van der Waals surface area contributed by atoms with E-state index < -0.39 is 0 Å². The minimum Gasteiger partial charge on any atom is -0.354 e. The Labute approximate surface area is 126 Å². The van der Waals surface area contributed by atoms with Gasteiger partial charge in [0.1, 0.15) is 0 Å². The molecule has 7 heteroatoms. The van der Waals surface area contributed by atoms with Crippen LogP contribution >= 0.6 is 0 Å². The molecule has 1 aliphatic heterocycles. The van der Waals surface area contributed by atoms with Crippen LogP contribution in [0.5, 0.6) is 0 Å². The van der Waals surface area contributed by atoms with E-state index in [0.717, 1.165) is 19.6 Å². The smallest absolute Gasteiger partial charge is 0.243 e. The summed E-state index contributed by atoms with van der Waals surface area (Å²) in [6.45, 7) is 9.47. The fourth-order valence-electron chi connectivity index (χ4n) is 2.23. The molecular formula is C14H27N7. The van der Waals surface area contributed by atoms with Gasteiger partial charge in [-0.3, -0.25) is 5.43 Å². The van der Waals surface area contributed by atoms with Gasteiger partial charge in [-0.05, 0) is 31.1 Å². The van der Waals surface area contributed by atoms with Crippen LogP contribution in [-0.2, 0) is 0 Å². The van der Waals surface area contributed by atoms with Gasteiger partial charge in [-0.1, -0.05) is 20.8 Å². The number of nitrogens with zero attached hydrogens (tertiary/aromatic N) is 4. The molecule has 1 saturated heterocycles. The average molecular weight is 293 g/mol. The van der Waals surface area contributed by atoms with Crippen LogP contribution in [-0.4, -0.2) is 34.6 Å². The number of hydrazine groups is 1. The summed E-state index contributed by atoms with van der Waals surface area (Å²) in [6, 6.07) is 0. The van der Waals surface area contributed by atoms with Gasteiger partial charge in [0, 0.05) is 19.6 Å². The minimum atomic E-state index is 0.408. The number of anilines is 3. The number of rotatable bonds is 6. The summed E-state index contributed by atoms with van der Waals surface area (Å²) < 4.78 is 0. The van der Waals surface area contributed by atoms with Crippen molar-refractivity contribution in [2.24, 2.45) is 17.7 Å². The molecule has 2 heterocycles. The molecule has 2 rings (SSSR count). The first-order chi connectivity index (χ1) is 10.1. The maximum absolute atomic E-state index is 5.47. The lowest BCUT2D eigenvalue weighted by molar-refractivity contribution is 0.439. The van der Waals surface area contributed by atoms with E-state index in [2.05, 4.69) is 51.4 Å². The minimum absolute atomic E-state index is 0.408. The lowest BCUT2D eigenvalue weighted by Gasteiger charge is -2.27. The van der Waals surface area contributed by atoms with E-state index in [-0.39, 0.29) is 0 Å². The van der Waals surface area contributed by atoms with Gasteiger partial charge in [0.2, 0.25) is 17.8 Å². The van der Waals surface area contributed by atoms with Crippen molar-refractivity contribution >= 4 is 17.8 Å². The highest BCUT2D eigenvalue weighted by Gasteiger charge is 2.16. The third-order valence-electron chi connectivity index (χ3n) is 4.11. The van der Waals surface area contributed by atoms with Gasteiger partial charge >= 0.3 is 0 Å². The summed E-state index contributed by atoms with van der Waals surface area (Å²) in [5, 5.41) is 3.30. The van der Waals surface area contributed by atoms with Crippen LogP contribution in [0.25, 0.3) is 0 Å². The Balaban J connectivity index is 2.09. The van der Waals surface area contributed by atoms with Crippen molar-refractivity contribution in [3.63, 3.8) is 0 Å². The van der Waals surface area contributed by atoms with E-state index in [4.69, 9.17) is 5.84 Å². The Morgan fingerprint density at radius 3 is 2.33 bits per heavy atom. The Hall–Kier alpha value is -1.63. The maximum Gasteiger partial charge on any atom is 0.243 e. The second-order valence-electron chi connectivity index (χ2n) is 6.08. The summed E-state index contributed by atoms with van der Waals surface area (Å²) in [5.41, 5.74) is 2.53. The zero-order valence-corrected chi connectivity index (χ0v) is 13.3. The van der Waals surface area contributed by atoms with Gasteiger partial charge in [-0.15, -0.1) is 0 Å². The molecule has 118 valence electrons. The molecule has 0 spiro atoms. The Morgan fingerprint density at radius 1 is 1.05 bits per heavy atom. The number of hydrogen-bond donors (Lipinski definition) is 3. The van der Waals surface area contributed by atoms with Crippen LogP contribution in [0.4, 0.5) is 17.8 Å². The third kappa shape index (κ3) is 4.42. The van der Waals surface area contributed by atoms with Crippen LogP contribution in [0, 0.1) is 11.8 Å². The van der Waals surface area contributed by atoms with Crippen molar-refractivity contribution in [3.8, 4) is 0 Å². The second kappa shape index (κ2) is 7.40. The average Bonchev–Trinajstić information content (AvgIpc) is 2.52. The largest absolute Gasteiger partial charge is 0.354 e. The molecule has 0 amide bonds. The number of aromatic nitrogens is 3. The second-order valence-corrected chi connectivity index (χ2v) is 6.08. The Morgan fingerprint density at radius 2 is 1.71 bits per heavy atom. The molecule has 1 atom stereocenters. The molecule has 0 saturated carbocycles. The van der Waals surface area contributed by atoms with Crippen LogP contribution in [0.15, 0.2) is 0 Å². The van der Waals surface area contributed by atoms with Crippen LogP contribution in [0.2, 0.25) is 0 Å². The quantitative estimate of drug-likeness (QED) is 0.544. The van der Waals surface area contributed by atoms with Crippen molar-refractivity contribution < 1.29 is 0 Å². The highest BCUT2D eigenvalue weighted by molar-refractivity contribution is 5.43. The molecular weight excluding hydrogens is 266 g/mol. The van der Waals surface area contributed by atoms with Crippen molar-refractivity contribution in [1.29, 1.82) is 0 Å². The van der Waals surface area contributed by atoms with Gasteiger partial charge in [0.15, 0.2) is 0 Å². The molecule has 0 aliphatic carbocycles. The van der Waals surface area contributed by atoms with Crippen LogP contribution in [0.3, 0.4) is 0 Å². The van der Waals surface area contributed by atoms with E-state index in [1.165, 1.54) is 19.3 Å². The SMILES string of the molecule is CC(C)C(C)CNc1nc(NN)nc(N2CCCCC2)n1. The summed E-state index contributed by atoms with van der Waals surface area (Å²) >= 11 is 0. The summed E-state index contributed by atoms with van der Waals surface area (Å²) in [7, 11) is 0. The molecule has 21 heavy (non-hydrogen) atoms. The van der Waals surface area contributed by atoms with Crippen molar-refractivity contribution in [2.45, 2.75) is 40.0 Å². The predicted molar refractivity (Wildman–Crippen MR) is 86.2 cm³/mol. The highest BCUT2D eigenvalue weighted by Crippen LogP contribution is 2.18. The number of nitrogens with one attached hydrogen (secondary N) is 2. The standard InChI is InChI=1S/C14H27N7/c1-10(2)11(3)9-16-12-17-13(20-15)19-14(18-12)21-7-5-4-6-8-21/h10-11H,4-9,15H2,1-3H3,(H2,16,17,18,19,20). The molecule has 0 bridgehead atoms. The maximum atomic E-state index is 5.47. The molecule has 0 aromatic carbocycles. The summed E-state index contributed by atoms with van der Waals surface area (Å²) in [5.74, 6) is 8.34. The normalized spacial score (nSPS) is 16.9. The predicted octanol–water partition coefficient (Wildman–Crippen LogP) is 1.85. The molecule has 1 aliphatic rings. The number of piperidine rings is 1. The van der Waals surface area contributed by atoms with E-state index in [9.17, 15) is 0 Å². The fourth-order valence-corrected chi connectivity index (χ4v) is 2.23. The van der Waals surface area contributed by atoms with Crippen molar-refractivity contribution in [2.75, 3.05) is 35.3 Å². The van der Waals surface area contributed by atoms with E-state index >= 15 is 0 Å². The Bertz CT molecular complexity index is 443.